The van der Waals surface area contributed by atoms with Crippen LogP contribution in [0.5, 0.6) is 0 Å². The van der Waals surface area contributed by atoms with Gasteiger partial charge in [0.2, 0.25) is 5.16 Å². The first-order valence-electron chi connectivity index (χ1n) is 6.26. The Bertz CT molecular complexity index is 994. The fourth-order valence-corrected chi connectivity index (χ4v) is 4.62. The van der Waals surface area contributed by atoms with Gasteiger partial charge in [0.25, 0.3) is 5.69 Å². The standard InChI is InChI=1S/C12H6N6O2S3/c19-18(20)7-3-4-8-9(6-7)22-12(13-8)23-11-14-15-16-17(11)10-2-1-5-21-10/h1-6H. The third kappa shape index (κ3) is 2.69. The number of thiophene rings is 1. The van der Waals surface area contributed by atoms with Crippen LogP contribution in [0.1, 0.15) is 0 Å². The number of benzene rings is 1. The zero-order valence-corrected chi connectivity index (χ0v) is 13.6. The third-order valence-electron chi connectivity index (χ3n) is 2.90. The molecular weight excluding hydrogens is 356 g/mol. The van der Waals surface area contributed by atoms with E-state index in [2.05, 4.69) is 20.5 Å². The van der Waals surface area contributed by atoms with Gasteiger partial charge in [-0.05, 0) is 45.8 Å². The minimum absolute atomic E-state index is 0.0566. The quantitative estimate of drug-likeness (QED) is 0.405. The van der Waals surface area contributed by atoms with Gasteiger partial charge in [0.05, 0.1) is 15.1 Å². The van der Waals surface area contributed by atoms with Crippen molar-refractivity contribution in [1.29, 1.82) is 0 Å². The first kappa shape index (κ1) is 14.2. The van der Waals surface area contributed by atoms with Gasteiger partial charge in [-0.15, -0.1) is 27.8 Å². The Morgan fingerprint density at radius 3 is 3.00 bits per heavy atom. The van der Waals surface area contributed by atoms with Crippen LogP contribution in [0, 0.1) is 10.1 Å². The summed E-state index contributed by atoms with van der Waals surface area (Å²) in [6.07, 6.45) is 0. The summed E-state index contributed by atoms with van der Waals surface area (Å²) in [5, 5.41) is 26.0. The molecule has 0 N–H and O–H groups in total. The van der Waals surface area contributed by atoms with Gasteiger partial charge in [-0.1, -0.05) is 0 Å². The fourth-order valence-electron chi connectivity index (χ4n) is 1.90. The highest BCUT2D eigenvalue weighted by molar-refractivity contribution is 8.01. The van der Waals surface area contributed by atoms with Crippen LogP contribution in [0.15, 0.2) is 45.2 Å². The van der Waals surface area contributed by atoms with Gasteiger partial charge < -0.3 is 0 Å². The predicted octanol–water partition coefficient (Wildman–Crippen LogP) is 3.39. The Morgan fingerprint density at radius 1 is 1.30 bits per heavy atom. The number of nitro benzene ring substituents is 1. The number of rotatable bonds is 4. The Kier molecular flexibility index (Phi) is 3.52. The molecule has 3 heterocycles. The number of nitrogens with zero attached hydrogens (tertiary/aromatic N) is 6. The van der Waals surface area contributed by atoms with Crippen LogP contribution in [0.4, 0.5) is 5.69 Å². The molecule has 8 nitrogen and oxygen atoms in total. The van der Waals surface area contributed by atoms with Gasteiger partial charge in [0.1, 0.15) is 5.00 Å². The van der Waals surface area contributed by atoms with E-state index >= 15 is 0 Å². The number of hydrogen-bond donors (Lipinski definition) is 0. The van der Waals surface area contributed by atoms with Crippen LogP contribution < -0.4 is 0 Å². The number of fused-ring (bicyclic) bond motifs is 1. The van der Waals surface area contributed by atoms with Gasteiger partial charge in [-0.2, -0.15) is 4.68 Å². The van der Waals surface area contributed by atoms with Crippen molar-refractivity contribution in [1.82, 2.24) is 25.2 Å². The van der Waals surface area contributed by atoms with Crippen molar-refractivity contribution in [3.05, 3.63) is 45.8 Å². The predicted molar refractivity (Wildman–Crippen MR) is 87.4 cm³/mol. The lowest BCUT2D eigenvalue weighted by Gasteiger charge is -1.97. The monoisotopic (exact) mass is 362 g/mol. The molecule has 4 aromatic rings. The van der Waals surface area contributed by atoms with Crippen molar-refractivity contribution in [3.8, 4) is 5.00 Å². The molecule has 23 heavy (non-hydrogen) atoms. The maximum atomic E-state index is 10.8. The fraction of sp³-hybridized carbons (Fsp3) is 0. The van der Waals surface area contributed by atoms with Crippen LogP contribution in [0.2, 0.25) is 0 Å². The van der Waals surface area contributed by atoms with Crippen molar-refractivity contribution in [2.75, 3.05) is 0 Å². The van der Waals surface area contributed by atoms with E-state index in [9.17, 15) is 10.1 Å². The molecule has 11 heteroatoms. The molecule has 0 unspecified atom stereocenters. The highest BCUT2D eigenvalue weighted by Crippen LogP contribution is 2.35. The van der Waals surface area contributed by atoms with E-state index in [0.29, 0.717) is 5.16 Å². The Hall–Kier alpha value is -2.37. The van der Waals surface area contributed by atoms with E-state index in [-0.39, 0.29) is 5.69 Å². The van der Waals surface area contributed by atoms with Crippen molar-refractivity contribution in [2.24, 2.45) is 0 Å². The average Bonchev–Trinajstić information content (AvgIpc) is 3.26. The Balaban J connectivity index is 1.68. The largest absolute Gasteiger partial charge is 0.270 e. The highest BCUT2D eigenvalue weighted by atomic mass is 32.2. The molecule has 0 aliphatic carbocycles. The average molecular weight is 362 g/mol. The van der Waals surface area contributed by atoms with E-state index in [1.54, 1.807) is 10.7 Å². The molecule has 114 valence electrons. The molecule has 0 bridgehead atoms. The van der Waals surface area contributed by atoms with Crippen molar-refractivity contribution >= 4 is 50.3 Å². The summed E-state index contributed by atoms with van der Waals surface area (Å²) in [5.41, 5.74) is 0.777. The molecule has 0 fully saturated rings. The van der Waals surface area contributed by atoms with Crippen LogP contribution >= 0.6 is 34.4 Å². The van der Waals surface area contributed by atoms with Gasteiger partial charge >= 0.3 is 0 Å². The lowest BCUT2D eigenvalue weighted by atomic mass is 10.3. The molecule has 0 saturated carbocycles. The summed E-state index contributed by atoms with van der Waals surface area (Å²) >= 11 is 4.24. The van der Waals surface area contributed by atoms with E-state index < -0.39 is 4.92 Å². The summed E-state index contributed by atoms with van der Waals surface area (Å²) in [5.74, 6) is 0. The van der Waals surface area contributed by atoms with Gasteiger partial charge in [-0.3, -0.25) is 10.1 Å². The zero-order chi connectivity index (χ0) is 15.8. The van der Waals surface area contributed by atoms with E-state index in [1.165, 1.54) is 46.6 Å². The maximum Gasteiger partial charge on any atom is 0.270 e. The smallest absolute Gasteiger partial charge is 0.258 e. The third-order valence-corrected chi connectivity index (χ3v) is 5.76. The molecule has 0 amide bonds. The molecular formula is C12H6N6O2S3. The van der Waals surface area contributed by atoms with E-state index in [0.717, 1.165) is 19.6 Å². The summed E-state index contributed by atoms with van der Waals surface area (Å²) in [4.78, 5) is 14.9. The number of thiazole rings is 1. The number of non-ortho nitro benzene ring substituents is 1. The van der Waals surface area contributed by atoms with Crippen LogP contribution in [0.25, 0.3) is 15.2 Å². The molecule has 3 aromatic heterocycles. The zero-order valence-electron chi connectivity index (χ0n) is 11.2. The highest BCUT2D eigenvalue weighted by Gasteiger charge is 2.15. The lowest BCUT2D eigenvalue weighted by molar-refractivity contribution is -0.384. The Labute approximate surface area is 140 Å². The second-order valence-corrected chi connectivity index (χ2v) is 7.49. The molecule has 0 radical (unpaired) electrons. The summed E-state index contributed by atoms with van der Waals surface area (Å²) in [6.45, 7) is 0. The van der Waals surface area contributed by atoms with Crippen LogP contribution in [0.3, 0.4) is 0 Å². The van der Waals surface area contributed by atoms with Crippen molar-refractivity contribution in [2.45, 2.75) is 9.50 Å². The number of nitro groups is 1. The lowest BCUT2D eigenvalue weighted by Crippen LogP contribution is -1.95. The second-order valence-electron chi connectivity index (χ2n) is 4.32. The molecule has 1 aromatic carbocycles. The molecule has 4 rings (SSSR count). The Morgan fingerprint density at radius 2 is 2.22 bits per heavy atom. The first-order chi connectivity index (χ1) is 11.2. The topological polar surface area (TPSA) is 99.6 Å². The minimum Gasteiger partial charge on any atom is -0.258 e. The van der Waals surface area contributed by atoms with Gasteiger partial charge in [-0.25, -0.2) is 4.98 Å². The molecule has 0 spiro atoms. The van der Waals surface area contributed by atoms with E-state index in [1.807, 2.05) is 17.5 Å². The second kappa shape index (κ2) is 5.68. The number of aromatic nitrogens is 5. The van der Waals surface area contributed by atoms with Gasteiger partial charge in [0, 0.05) is 12.1 Å². The van der Waals surface area contributed by atoms with E-state index in [4.69, 9.17) is 0 Å². The van der Waals surface area contributed by atoms with Crippen molar-refractivity contribution in [3.63, 3.8) is 0 Å². The SMILES string of the molecule is O=[N+]([O-])c1ccc2nc(Sc3nnnn3-c3cccs3)sc2c1. The minimum atomic E-state index is -0.413. The molecule has 0 aliphatic heterocycles. The van der Waals surface area contributed by atoms with Crippen LogP contribution in [-0.4, -0.2) is 30.1 Å². The molecule has 0 atom stereocenters. The summed E-state index contributed by atoms with van der Waals surface area (Å²) in [6, 6.07) is 8.47. The maximum absolute atomic E-state index is 10.8. The van der Waals surface area contributed by atoms with Gasteiger partial charge in [0.15, 0.2) is 4.34 Å². The summed E-state index contributed by atoms with van der Waals surface area (Å²) in [7, 11) is 0. The molecule has 0 saturated heterocycles. The summed E-state index contributed by atoms with van der Waals surface area (Å²) < 4.78 is 3.13. The number of hydrogen-bond acceptors (Lipinski definition) is 9. The normalized spacial score (nSPS) is 11.1. The number of tetrazole rings is 1. The van der Waals surface area contributed by atoms with Crippen molar-refractivity contribution < 1.29 is 4.92 Å². The van der Waals surface area contributed by atoms with Crippen LogP contribution in [-0.2, 0) is 0 Å². The molecule has 0 aliphatic rings. The first-order valence-corrected chi connectivity index (χ1v) is 8.77.